The molecule has 0 spiro atoms. The Balaban J connectivity index is 1.97. The number of halogens is 3. The molecule has 2 N–H and O–H groups in total. The van der Waals surface area contributed by atoms with Gasteiger partial charge in [0.15, 0.2) is 0 Å². The molecular weight excluding hydrogens is 261 g/mol. The van der Waals surface area contributed by atoms with Gasteiger partial charge >= 0.3 is 6.18 Å². The number of nitrogens with zero attached hydrogens (tertiary/aromatic N) is 1. The molecule has 6 heteroatoms. The van der Waals surface area contributed by atoms with Crippen LogP contribution in [0.25, 0.3) is 10.2 Å². The van der Waals surface area contributed by atoms with E-state index in [4.69, 9.17) is 5.73 Å². The Kier molecular flexibility index (Phi) is 3.87. The van der Waals surface area contributed by atoms with E-state index in [1.165, 1.54) is 0 Å². The number of hydrogen-bond donors (Lipinski definition) is 1. The number of thiophene rings is 1. The molecule has 0 bridgehead atoms. The summed E-state index contributed by atoms with van der Waals surface area (Å²) in [4.78, 5) is 4.23. The van der Waals surface area contributed by atoms with Crippen LogP contribution in [0.1, 0.15) is 30.9 Å². The van der Waals surface area contributed by atoms with Gasteiger partial charge in [-0.25, -0.2) is 0 Å². The zero-order valence-corrected chi connectivity index (χ0v) is 10.4. The molecule has 1 atom stereocenters. The molecule has 2 aromatic rings. The van der Waals surface area contributed by atoms with Crippen molar-refractivity contribution in [1.29, 1.82) is 0 Å². The summed E-state index contributed by atoms with van der Waals surface area (Å²) in [6.07, 6.45) is -2.87. The minimum absolute atomic E-state index is 0.0488. The summed E-state index contributed by atoms with van der Waals surface area (Å²) < 4.78 is 37.1. The van der Waals surface area contributed by atoms with E-state index in [2.05, 4.69) is 4.98 Å². The second kappa shape index (κ2) is 5.24. The van der Waals surface area contributed by atoms with Gasteiger partial charge in [0.2, 0.25) is 0 Å². The van der Waals surface area contributed by atoms with Crippen molar-refractivity contribution in [2.75, 3.05) is 0 Å². The van der Waals surface area contributed by atoms with Crippen molar-refractivity contribution in [2.45, 2.75) is 31.5 Å². The summed E-state index contributed by atoms with van der Waals surface area (Å²) >= 11 is 1.55. The van der Waals surface area contributed by atoms with Crippen molar-refractivity contribution in [3.63, 3.8) is 0 Å². The van der Waals surface area contributed by atoms with Gasteiger partial charge in [-0.1, -0.05) is 0 Å². The maximum Gasteiger partial charge on any atom is 0.389 e. The number of fused-ring (bicyclic) bond motifs is 1. The Bertz CT molecular complexity index is 521. The Hall–Kier alpha value is -1.14. The molecule has 0 saturated carbocycles. The van der Waals surface area contributed by atoms with Gasteiger partial charge < -0.3 is 5.73 Å². The van der Waals surface area contributed by atoms with Crippen LogP contribution in [0.15, 0.2) is 23.7 Å². The smallest absolute Gasteiger partial charge is 0.324 e. The second-order valence-corrected chi connectivity index (χ2v) is 5.13. The highest BCUT2D eigenvalue weighted by molar-refractivity contribution is 7.17. The molecule has 2 nitrogen and oxygen atoms in total. The number of hydrogen-bond acceptors (Lipinski definition) is 3. The first-order valence-electron chi connectivity index (χ1n) is 5.61. The van der Waals surface area contributed by atoms with E-state index in [9.17, 15) is 13.2 Å². The highest BCUT2D eigenvalue weighted by atomic mass is 32.1. The molecule has 98 valence electrons. The van der Waals surface area contributed by atoms with Crippen LogP contribution in [0.2, 0.25) is 0 Å². The standard InChI is InChI=1S/C12H13F3N2S/c13-12(14,15)4-1-2-9(16)8-6-11-10(17-7-8)3-5-18-11/h3,5-7,9H,1-2,4,16H2. The Morgan fingerprint density at radius 3 is 2.89 bits per heavy atom. The SMILES string of the molecule is NC(CCCC(F)(F)F)c1cnc2ccsc2c1. The molecule has 0 aromatic carbocycles. The van der Waals surface area contributed by atoms with Crippen molar-refractivity contribution in [3.8, 4) is 0 Å². The lowest BCUT2D eigenvalue weighted by Crippen LogP contribution is -2.13. The molecule has 2 aromatic heterocycles. The normalized spacial score (nSPS) is 14.0. The summed E-state index contributed by atoms with van der Waals surface area (Å²) in [5.41, 5.74) is 7.57. The lowest BCUT2D eigenvalue weighted by atomic mass is 10.0. The molecule has 0 saturated heterocycles. The summed E-state index contributed by atoms with van der Waals surface area (Å²) in [7, 11) is 0. The van der Waals surface area contributed by atoms with E-state index in [1.807, 2.05) is 17.5 Å². The van der Waals surface area contributed by atoms with Crippen LogP contribution in [-0.2, 0) is 0 Å². The first-order chi connectivity index (χ1) is 8.46. The highest BCUT2D eigenvalue weighted by Crippen LogP contribution is 2.27. The monoisotopic (exact) mass is 274 g/mol. The van der Waals surface area contributed by atoms with Crippen LogP contribution < -0.4 is 5.73 Å². The molecule has 1 unspecified atom stereocenters. The number of alkyl halides is 3. The molecule has 0 aliphatic heterocycles. The number of aromatic nitrogens is 1. The van der Waals surface area contributed by atoms with Gasteiger partial charge in [0, 0.05) is 18.7 Å². The van der Waals surface area contributed by atoms with Gasteiger partial charge in [0.25, 0.3) is 0 Å². The van der Waals surface area contributed by atoms with Crippen molar-refractivity contribution in [3.05, 3.63) is 29.3 Å². The minimum Gasteiger partial charge on any atom is -0.324 e. The third kappa shape index (κ3) is 3.43. The Labute approximate surface area is 107 Å². The molecular formula is C12H13F3N2S. The maximum absolute atomic E-state index is 12.0. The average molecular weight is 274 g/mol. The number of pyridine rings is 1. The molecule has 2 rings (SSSR count). The lowest BCUT2D eigenvalue weighted by Gasteiger charge is -2.12. The predicted octanol–water partition coefficient (Wildman–Crippen LogP) is 4.03. The fourth-order valence-corrected chi connectivity index (χ4v) is 2.54. The van der Waals surface area contributed by atoms with Gasteiger partial charge in [-0.15, -0.1) is 11.3 Å². The maximum atomic E-state index is 12.0. The Morgan fingerprint density at radius 1 is 1.39 bits per heavy atom. The molecule has 2 heterocycles. The quantitative estimate of drug-likeness (QED) is 0.914. The van der Waals surface area contributed by atoms with Crippen molar-refractivity contribution >= 4 is 21.6 Å². The van der Waals surface area contributed by atoms with Crippen molar-refractivity contribution < 1.29 is 13.2 Å². The van der Waals surface area contributed by atoms with Crippen LogP contribution in [0.3, 0.4) is 0 Å². The van der Waals surface area contributed by atoms with Gasteiger partial charge in [-0.05, 0) is 35.9 Å². The average Bonchev–Trinajstić information content (AvgIpc) is 2.73. The Morgan fingerprint density at radius 2 is 2.17 bits per heavy atom. The molecule has 18 heavy (non-hydrogen) atoms. The molecule has 0 amide bonds. The molecule has 0 aliphatic rings. The molecule has 0 radical (unpaired) electrons. The minimum atomic E-state index is -4.10. The third-order valence-electron chi connectivity index (χ3n) is 2.73. The van der Waals surface area contributed by atoms with Crippen LogP contribution in [-0.4, -0.2) is 11.2 Å². The number of rotatable bonds is 4. The fraction of sp³-hybridized carbons (Fsp3) is 0.417. The molecule has 0 fully saturated rings. The van der Waals surface area contributed by atoms with E-state index in [0.717, 1.165) is 15.8 Å². The van der Waals surface area contributed by atoms with E-state index in [1.54, 1.807) is 17.5 Å². The van der Waals surface area contributed by atoms with Crippen LogP contribution >= 0.6 is 11.3 Å². The van der Waals surface area contributed by atoms with Crippen LogP contribution in [0.5, 0.6) is 0 Å². The first-order valence-corrected chi connectivity index (χ1v) is 6.49. The number of nitrogens with two attached hydrogens (primary N) is 1. The summed E-state index contributed by atoms with van der Waals surface area (Å²) in [6, 6.07) is 3.43. The summed E-state index contributed by atoms with van der Waals surface area (Å²) in [5, 5.41) is 1.93. The third-order valence-corrected chi connectivity index (χ3v) is 3.58. The zero-order chi connectivity index (χ0) is 13.2. The van der Waals surface area contributed by atoms with E-state index in [0.29, 0.717) is 6.42 Å². The topological polar surface area (TPSA) is 38.9 Å². The van der Waals surface area contributed by atoms with Crippen molar-refractivity contribution in [1.82, 2.24) is 4.98 Å². The predicted molar refractivity (Wildman–Crippen MR) is 66.5 cm³/mol. The van der Waals surface area contributed by atoms with Gasteiger partial charge in [0.1, 0.15) is 0 Å². The second-order valence-electron chi connectivity index (χ2n) is 4.19. The summed E-state index contributed by atoms with van der Waals surface area (Å²) in [6.45, 7) is 0. The zero-order valence-electron chi connectivity index (χ0n) is 9.57. The summed E-state index contributed by atoms with van der Waals surface area (Å²) in [5.74, 6) is 0. The van der Waals surface area contributed by atoms with Crippen LogP contribution in [0, 0.1) is 0 Å². The highest BCUT2D eigenvalue weighted by Gasteiger charge is 2.26. The largest absolute Gasteiger partial charge is 0.389 e. The lowest BCUT2D eigenvalue weighted by molar-refractivity contribution is -0.135. The van der Waals surface area contributed by atoms with E-state index < -0.39 is 12.6 Å². The van der Waals surface area contributed by atoms with E-state index in [-0.39, 0.29) is 12.5 Å². The van der Waals surface area contributed by atoms with Gasteiger partial charge in [-0.3, -0.25) is 4.98 Å². The van der Waals surface area contributed by atoms with Crippen LogP contribution in [0.4, 0.5) is 13.2 Å². The molecule has 0 aliphatic carbocycles. The van der Waals surface area contributed by atoms with Gasteiger partial charge in [0.05, 0.1) is 10.2 Å². The first kappa shape index (κ1) is 13.3. The van der Waals surface area contributed by atoms with Crippen molar-refractivity contribution in [2.24, 2.45) is 5.73 Å². The van der Waals surface area contributed by atoms with Gasteiger partial charge in [-0.2, -0.15) is 13.2 Å². The fourth-order valence-electron chi connectivity index (χ4n) is 1.75. The van der Waals surface area contributed by atoms with E-state index >= 15 is 0 Å².